The van der Waals surface area contributed by atoms with Crippen LogP contribution in [0.15, 0.2) is 11.3 Å². The number of nitriles is 1. The number of ether oxygens (including phenoxy) is 2. The molecule has 0 rings (SSSR count). The molecule has 15 heavy (non-hydrogen) atoms. The van der Waals surface area contributed by atoms with Gasteiger partial charge in [0.1, 0.15) is 6.07 Å². The SMILES string of the molecule is CCOC(=O)C(O)=C(C#N)C(=O)OCC. The molecule has 0 aromatic heterocycles. The molecule has 0 bridgehead atoms. The Labute approximate surface area is 86.7 Å². The number of aliphatic hydroxyl groups is 1. The first-order valence-corrected chi connectivity index (χ1v) is 4.26. The van der Waals surface area contributed by atoms with Gasteiger partial charge in [0, 0.05) is 0 Å². The van der Waals surface area contributed by atoms with Crippen molar-refractivity contribution < 1.29 is 24.2 Å². The van der Waals surface area contributed by atoms with Gasteiger partial charge in [0.15, 0.2) is 5.57 Å². The number of esters is 2. The van der Waals surface area contributed by atoms with E-state index >= 15 is 0 Å². The minimum atomic E-state index is -1.12. The molecule has 0 saturated carbocycles. The van der Waals surface area contributed by atoms with Gasteiger partial charge in [0.25, 0.3) is 0 Å². The lowest BCUT2D eigenvalue weighted by Crippen LogP contribution is -2.15. The van der Waals surface area contributed by atoms with Crippen molar-refractivity contribution in [2.24, 2.45) is 0 Å². The van der Waals surface area contributed by atoms with Crippen molar-refractivity contribution in [1.29, 1.82) is 5.26 Å². The fourth-order valence-electron chi connectivity index (χ4n) is 0.700. The smallest absolute Gasteiger partial charge is 0.375 e. The van der Waals surface area contributed by atoms with Gasteiger partial charge in [-0.25, -0.2) is 9.59 Å². The lowest BCUT2D eigenvalue weighted by atomic mass is 10.2. The Balaban J connectivity index is 4.91. The molecule has 1 N–H and O–H groups in total. The van der Waals surface area contributed by atoms with Gasteiger partial charge in [-0.2, -0.15) is 5.26 Å². The van der Waals surface area contributed by atoms with Crippen molar-refractivity contribution in [3.63, 3.8) is 0 Å². The maximum atomic E-state index is 11.1. The van der Waals surface area contributed by atoms with Gasteiger partial charge in [0.05, 0.1) is 13.2 Å². The summed E-state index contributed by atoms with van der Waals surface area (Å²) in [5, 5.41) is 17.7. The summed E-state index contributed by atoms with van der Waals surface area (Å²) in [7, 11) is 0. The number of nitrogens with zero attached hydrogens (tertiary/aromatic N) is 1. The normalized spacial score (nSPS) is 11.0. The fraction of sp³-hybridized carbons (Fsp3) is 0.444. The molecule has 6 heteroatoms. The molecule has 0 fully saturated rings. The monoisotopic (exact) mass is 213 g/mol. The van der Waals surface area contributed by atoms with Gasteiger partial charge in [-0.3, -0.25) is 0 Å². The van der Waals surface area contributed by atoms with Gasteiger partial charge in [-0.15, -0.1) is 0 Å². The second-order valence-corrected chi connectivity index (χ2v) is 2.28. The molecule has 0 aromatic rings. The van der Waals surface area contributed by atoms with Gasteiger partial charge in [-0.05, 0) is 13.8 Å². The molecule has 82 valence electrons. The van der Waals surface area contributed by atoms with E-state index < -0.39 is 23.3 Å². The summed E-state index contributed by atoms with van der Waals surface area (Å²) in [6, 6.07) is 1.38. The third-order valence-electron chi connectivity index (χ3n) is 1.30. The lowest BCUT2D eigenvalue weighted by Gasteiger charge is -2.03. The van der Waals surface area contributed by atoms with Gasteiger partial charge < -0.3 is 14.6 Å². The van der Waals surface area contributed by atoms with Crippen LogP contribution in [-0.4, -0.2) is 30.3 Å². The first-order chi connectivity index (χ1) is 7.08. The van der Waals surface area contributed by atoms with E-state index in [4.69, 9.17) is 5.26 Å². The van der Waals surface area contributed by atoms with E-state index in [0.29, 0.717) is 0 Å². The van der Waals surface area contributed by atoms with Crippen molar-refractivity contribution in [1.82, 2.24) is 0 Å². The van der Waals surface area contributed by atoms with E-state index in [1.165, 1.54) is 19.9 Å². The number of aliphatic hydroxyl groups excluding tert-OH is 1. The van der Waals surface area contributed by atoms with E-state index in [0.717, 1.165) is 0 Å². The molecule has 0 atom stereocenters. The summed E-state index contributed by atoms with van der Waals surface area (Å²) in [5.41, 5.74) is -0.754. The molecule has 6 nitrogen and oxygen atoms in total. The summed E-state index contributed by atoms with van der Waals surface area (Å²) in [6.45, 7) is 3.14. The van der Waals surface area contributed by atoms with Crippen LogP contribution < -0.4 is 0 Å². The van der Waals surface area contributed by atoms with Gasteiger partial charge >= 0.3 is 11.9 Å². The molecule has 0 radical (unpaired) electrons. The van der Waals surface area contributed by atoms with E-state index in [1.54, 1.807) is 0 Å². The third-order valence-corrected chi connectivity index (χ3v) is 1.30. The zero-order chi connectivity index (χ0) is 11.8. The molecule has 0 aliphatic carbocycles. The van der Waals surface area contributed by atoms with Crippen LogP contribution in [0.4, 0.5) is 0 Å². The van der Waals surface area contributed by atoms with E-state index in [-0.39, 0.29) is 13.2 Å². The number of rotatable bonds is 4. The Morgan fingerprint density at radius 3 is 2.07 bits per heavy atom. The molecule has 0 amide bonds. The first-order valence-electron chi connectivity index (χ1n) is 4.26. The van der Waals surface area contributed by atoms with Crippen molar-refractivity contribution in [3.8, 4) is 6.07 Å². The highest BCUT2D eigenvalue weighted by Crippen LogP contribution is 2.05. The summed E-state index contributed by atoms with van der Waals surface area (Å²) in [5.74, 6) is -3.20. The van der Waals surface area contributed by atoms with Crippen LogP contribution in [0.5, 0.6) is 0 Å². The van der Waals surface area contributed by atoms with Crippen LogP contribution in [0, 0.1) is 11.3 Å². The van der Waals surface area contributed by atoms with Crippen molar-refractivity contribution in [2.45, 2.75) is 13.8 Å². The summed E-state index contributed by atoms with van der Waals surface area (Å²) in [4.78, 5) is 22.0. The molecule has 0 unspecified atom stereocenters. The number of carbonyl (C=O) groups excluding carboxylic acids is 2. The maximum absolute atomic E-state index is 11.1. The molecule has 0 heterocycles. The third kappa shape index (κ3) is 3.68. The predicted octanol–water partition coefficient (Wildman–Crippen LogP) is 0.448. The Kier molecular flexibility index (Phi) is 5.56. The summed E-state index contributed by atoms with van der Waals surface area (Å²) in [6.07, 6.45) is 0. The van der Waals surface area contributed by atoms with Crippen LogP contribution >= 0.6 is 0 Å². The van der Waals surface area contributed by atoms with Crippen LogP contribution in [0.25, 0.3) is 0 Å². The minimum absolute atomic E-state index is 0.0322. The Morgan fingerprint density at radius 1 is 1.20 bits per heavy atom. The van der Waals surface area contributed by atoms with Gasteiger partial charge in [-0.1, -0.05) is 0 Å². The highest BCUT2D eigenvalue weighted by molar-refractivity contribution is 6.01. The van der Waals surface area contributed by atoms with E-state index in [9.17, 15) is 14.7 Å². The van der Waals surface area contributed by atoms with Crippen LogP contribution in [0.3, 0.4) is 0 Å². The van der Waals surface area contributed by atoms with E-state index in [2.05, 4.69) is 9.47 Å². The van der Waals surface area contributed by atoms with Crippen molar-refractivity contribution in [2.75, 3.05) is 13.2 Å². The number of carbonyl (C=O) groups is 2. The lowest BCUT2D eigenvalue weighted by molar-refractivity contribution is -0.144. The quantitative estimate of drug-likeness (QED) is 0.315. The molecule has 0 aromatic carbocycles. The van der Waals surface area contributed by atoms with Crippen molar-refractivity contribution in [3.05, 3.63) is 11.3 Å². The number of hydrogen-bond acceptors (Lipinski definition) is 6. The fourth-order valence-corrected chi connectivity index (χ4v) is 0.700. The zero-order valence-corrected chi connectivity index (χ0v) is 8.44. The summed E-state index contributed by atoms with van der Waals surface area (Å²) >= 11 is 0. The molecule has 0 spiro atoms. The maximum Gasteiger partial charge on any atom is 0.375 e. The minimum Gasteiger partial charge on any atom is -0.501 e. The molecule has 0 aliphatic heterocycles. The average Bonchev–Trinajstić information content (AvgIpc) is 2.19. The molecule has 0 saturated heterocycles. The summed E-state index contributed by atoms with van der Waals surface area (Å²) < 4.78 is 8.87. The predicted molar refractivity (Wildman–Crippen MR) is 48.5 cm³/mol. The second-order valence-electron chi connectivity index (χ2n) is 2.28. The van der Waals surface area contributed by atoms with Crippen LogP contribution in [-0.2, 0) is 19.1 Å². The number of hydrogen-bond donors (Lipinski definition) is 1. The highest BCUT2D eigenvalue weighted by atomic mass is 16.5. The Bertz CT molecular complexity index is 326. The average molecular weight is 213 g/mol. The van der Waals surface area contributed by atoms with Crippen LogP contribution in [0.1, 0.15) is 13.8 Å². The Morgan fingerprint density at radius 2 is 1.67 bits per heavy atom. The second kappa shape index (κ2) is 6.43. The largest absolute Gasteiger partial charge is 0.501 e. The van der Waals surface area contributed by atoms with Crippen LogP contribution in [0.2, 0.25) is 0 Å². The van der Waals surface area contributed by atoms with Gasteiger partial charge in [0.2, 0.25) is 5.76 Å². The zero-order valence-electron chi connectivity index (χ0n) is 8.44. The molecule has 0 aliphatic rings. The highest BCUT2D eigenvalue weighted by Gasteiger charge is 2.22. The molecular formula is C9H11NO5. The first kappa shape index (κ1) is 13.0. The topological polar surface area (TPSA) is 96.6 Å². The standard InChI is InChI=1S/C9H11NO5/c1-3-14-8(12)6(5-10)7(11)9(13)15-4-2/h11H,3-4H2,1-2H3. The molecular weight excluding hydrogens is 202 g/mol. The Hall–Kier alpha value is -2.03. The van der Waals surface area contributed by atoms with Crippen molar-refractivity contribution >= 4 is 11.9 Å². The van der Waals surface area contributed by atoms with E-state index in [1.807, 2.05) is 0 Å².